The van der Waals surface area contributed by atoms with Crippen LogP contribution in [0.15, 0.2) is 54.6 Å². The van der Waals surface area contributed by atoms with Crippen LogP contribution in [-0.4, -0.2) is 28.5 Å². The maximum absolute atomic E-state index is 12.7. The van der Waals surface area contributed by atoms with Crippen LogP contribution in [0.25, 0.3) is 11.0 Å². The number of benzene rings is 2. The summed E-state index contributed by atoms with van der Waals surface area (Å²) in [6, 6.07) is 18.4. The van der Waals surface area contributed by atoms with E-state index in [1.807, 2.05) is 43.3 Å². The third kappa shape index (κ3) is 3.54. The average molecular weight is 362 g/mol. The van der Waals surface area contributed by atoms with Crippen LogP contribution in [0.5, 0.6) is 0 Å². The lowest BCUT2D eigenvalue weighted by Gasteiger charge is -2.32. The van der Waals surface area contributed by atoms with E-state index in [1.54, 1.807) is 0 Å². The number of anilines is 1. The highest BCUT2D eigenvalue weighted by molar-refractivity contribution is 5.80. The molecule has 0 bridgehead atoms. The molecule has 1 N–H and O–H groups in total. The number of amides is 1. The van der Waals surface area contributed by atoms with Gasteiger partial charge >= 0.3 is 0 Å². The summed E-state index contributed by atoms with van der Waals surface area (Å²) in [6.07, 6.45) is 1.72. The van der Waals surface area contributed by atoms with Crippen LogP contribution in [0.3, 0.4) is 0 Å². The van der Waals surface area contributed by atoms with Gasteiger partial charge in [-0.05, 0) is 37.5 Å². The number of aromatic nitrogens is 2. The molecule has 1 saturated heterocycles. The molecule has 1 aliphatic rings. The van der Waals surface area contributed by atoms with Gasteiger partial charge in [-0.25, -0.2) is 4.98 Å². The molecular weight excluding hydrogens is 336 g/mol. The Bertz CT molecular complexity index is 926. The number of hydrogen-bond donors (Lipinski definition) is 1. The first kappa shape index (κ1) is 17.6. The number of hydrogen-bond acceptors (Lipinski definition) is 3. The summed E-state index contributed by atoms with van der Waals surface area (Å²) in [6.45, 7) is 3.76. The van der Waals surface area contributed by atoms with Gasteiger partial charge in [-0.2, -0.15) is 0 Å². The third-order valence-corrected chi connectivity index (χ3v) is 5.57. The normalized spacial score (nSPS) is 16.4. The molecule has 0 radical (unpaired) electrons. The number of nitrogens with one attached hydrogen (secondary N) is 1. The number of para-hydroxylation sites is 2. The monoisotopic (exact) mass is 362 g/mol. The van der Waals surface area contributed by atoms with Crippen molar-refractivity contribution in [2.45, 2.75) is 25.8 Å². The van der Waals surface area contributed by atoms with Crippen LogP contribution in [0, 0.1) is 5.92 Å². The fourth-order valence-electron chi connectivity index (χ4n) is 3.91. The zero-order chi connectivity index (χ0) is 18.8. The smallest absolute Gasteiger partial charge is 0.223 e. The number of rotatable bonds is 4. The van der Waals surface area contributed by atoms with Gasteiger partial charge in [-0.1, -0.05) is 42.5 Å². The van der Waals surface area contributed by atoms with Crippen molar-refractivity contribution in [3.63, 3.8) is 0 Å². The summed E-state index contributed by atoms with van der Waals surface area (Å²) in [4.78, 5) is 19.8. The van der Waals surface area contributed by atoms with Crippen molar-refractivity contribution in [3.8, 4) is 0 Å². The molecule has 140 valence electrons. The highest BCUT2D eigenvalue weighted by Crippen LogP contribution is 2.26. The van der Waals surface area contributed by atoms with Crippen molar-refractivity contribution in [3.05, 3.63) is 60.2 Å². The summed E-state index contributed by atoms with van der Waals surface area (Å²) in [7, 11) is 2.06. The Kier molecular flexibility index (Phi) is 4.84. The SMILES string of the molecule is CC(NC(=O)C1CCN(c2nc3ccccc3n2C)CC1)c1ccccc1. The first-order chi connectivity index (χ1) is 13.1. The second-order valence-corrected chi connectivity index (χ2v) is 7.36. The van der Waals surface area contributed by atoms with Crippen LogP contribution in [-0.2, 0) is 11.8 Å². The van der Waals surface area contributed by atoms with Gasteiger partial charge in [0.1, 0.15) is 0 Å². The van der Waals surface area contributed by atoms with Crippen molar-refractivity contribution >= 4 is 22.9 Å². The summed E-state index contributed by atoms with van der Waals surface area (Å²) in [5, 5.41) is 3.18. The number of piperidine rings is 1. The Morgan fingerprint density at radius 2 is 1.74 bits per heavy atom. The highest BCUT2D eigenvalue weighted by atomic mass is 16.1. The van der Waals surface area contributed by atoms with Crippen molar-refractivity contribution in [2.24, 2.45) is 13.0 Å². The van der Waals surface area contributed by atoms with Gasteiger partial charge in [-0.15, -0.1) is 0 Å². The Morgan fingerprint density at radius 3 is 2.44 bits per heavy atom. The topological polar surface area (TPSA) is 50.2 Å². The second-order valence-electron chi connectivity index (χ2n) is 7.36. The number of carbonyl (C=O) groups is 1. The van der Waals surface area contributed by atoms with E-state index in [0.717, 1.165) is 48.5 Å². The Labute approximate surface area is 160 Å². The third-order valence-electron chi connectivity index (χ3n) is 5.57. The fourth-order valence-corrected chi connectivity index (χ4v) is 3.91. The van der Waals surface area contributed by atoms with E-state index < -0.39 is 0 Å². The first-order valence-corrected chi connectivity index (χ1v) is 9.65. The molecule has 3 aromatic rings. The van der Waals surface area contributed by atoms with Crippen molar-refractivity contribution < 1.29 is 4.79 Å². The van der Waals surface area contributed by atoms with Gasteiger partial charge in [-0.3, -0.25) is 4.79 Å². The van der Waals surface area contributed by atoms with E-state index in [2.05, 4.69) is 40.0 Å². The molecule has 2 heterocycles. The van der Waals surface area contributed by atoms with Crippen LogP contribution in [0.1, 0.15) is 31.4 Å². The molecule has 1 atom stereocenters. The standard InChI is InChI=1S/C22H26N4O/c1-16(17-8-4-3-5-9-17)23-21(27)18-12-14-26(15-13-18)22-24-19-10-6-7-11-20(19)25(22)2/h3-11,16,18H,12-15H2,1-2H3,(H,23,27). The Balaban J connectivity index is 1.38. The van der Waals surface area contributed by atoms with Gasteiger partial charge in [0.05, 0.1) is 17.1 Å². The minimum absolute atomic E-state index is 0.0385. The predicted molar refractivity (Wildman–Crippen MR) is 109 cm³/mol. The summed E-state index contributed by atoms with van der Waals surface area (Å²) < 4.78 is 2.15. The molecule has 1 unspecified atom stereocenters. The van der Waals surface area contributed by atoms with Crippen molar-refractivity contribution in [1.29, 1.82) is 0 Å². The summed E-state index contributed by atoms with van der Waals surface area (Å²) >= 11 is 0. The Hall–Kier alpha value is -2.82. The van der Waals surface area contributed by atoms with E-state index in [9.17, 15) is 4.79 Å². The van der Waals surface area contributed by atoms with Crippen molar-refractivity contribution in [1.82, 2.24) is 14.9 Å². The number of nitrogens with zero attached hydrogens (tertiary/aromatic N) is 3. The van der Waals surface area contributed by atoms with E-state index in [4.69, 9.17) is 4.98 Å². The van der Waals surface area contributed by atoms with Crippen LogP contribution >= 0.6 is 0 Å². The predicted octanol–water partition coefficient (Wildman–Crippen LogP) is 3.67. The zero-order valence-corrected chi connectivity index (χ0v) is 15.9. The zero-order valence-electron chi connectivity index (χ0n) is 15.9. The molecule has 1 aliphatic heterocycles. The quantitative estimate of drug-likeness (QED) is 0.770. The van der Waals surface area contributed by atoms with E-state index in [1.165, 1.54) is 0 Å². The van der Waals surface area contributed by atoms with E-state index >= 15 is 0 Å². The number of fused-ring (bicyclic) bond motifs is 1. The molecule has 1 aromatic heterocycles. The van der Waals surface area contributed by atoms with Crippen LogP contribution in [0.2, 0.25) is 0 Å². The van der Waals surface area contributed by atoms with Gasteiger partial charge < -0.3 is 14.8 Å². The molecular formula is C22H26N4O. The van der Waals surface area contributed by atoms with E-state index in [0.29, 0.717) is 0 Å². The molecule has 2 aromatic carbocycles. The average Bonchev–Trinajstić information content (AvgIpc) is 3.05. The molecule has 5 nitrogen and oxygen atoms in total. The second kappa shape index (κ2) is 7.43. The van der Waals surface area contributed by atoms with Gasteiger partial charge in [0.25, 0.3) is 0 Å². The summed E-state index contributed by atoms with van der Waals surface area (Å²) in [5.74, 6) is 1.23. The first-order valence-electron chi connectivity index (χ1n) is 9.65. The largest absolute Gasteiger partial charge is 0.349 e. The molecule has 4 rings (SSSR count). The lowest BCUT2D eigenvalue weighted by atomic mass is 9.95. The lowest BCUT2D eigenvalue weighted by Crippen LogP contribution is -2.42. The van der Waals surface area contributed by atoms with Crippen LogP contribution < -0.4 is 10.2 Å². The molecule has 0 spiro atoms. The molecule has 0 saturated carbocycles. The van der Waals surface area contributed by atoms with E-state index in [-0.39, 0.29) is 17.9 Å². The molecule has 27 heavy (non-hydrogen) atoms. The summed E-state index contributed by atoms with van der Waals surface area (Å²) in [5.41, 5.74) is 3.30. The fraction of sp³-hybridized carbons (Fsp3) is 0.364. The van der Waals surface area contributed by atoms with Gasteiger partial charge in [0, 0.05) is 26.1 Å². The lowest BCUT2D eigenvalue weighted by molar-refractivity contribution is -0.126. The van der Waals surface area contributed by atoms with Crippen LogP contribution in [0.4, 0.5) is 5.95 Å². The van der Waals surface area contributed by atoms with Gasteiger partial charge in [0.2, 0.25) is 11.9 Å². The number of carbonyl (C=O) groups excluding carboxylic acids is 1. The maximum atomic E-state index is 12.7. The van der Waals surface area contributed by atoms with Gasteiger partial charge in [0.15, 0.2) is 0 Å². The molecule has 1 amide bonds. The number of imidazole rings is 1. The highest BCUT2D eigenvalue weighted by Gasteiger charge is 2.27. The molecule has 5 heteroatoms. The molecule has 0 aliphatic carbocycles. The number of aryl methyl sites for hydroxylation is 1. The maximum Gasteiger partial charge on any atom is 0.223 e. The molecule has 1 fully saturated rings. The minimum atomic E-state index is 0.0385. The Morgan fingerprint density at radius 1 is 1.07 bits per heavy atom. The minimum Gasteiger partial charge on any atom is -0.349 e. The van der Waals surface area contributed by atoms with Crippen molar-refractivity contribution in [2.75, 3.05) is 18.0 Å².